The van der Waals surface area contributed by atoms with Gasteiger partial charge in [0.05, 0.1) is 23.4 Å². The summed E-state index contributed by atoms with van der Waals surface area (Å²) in [5.41, 5.74) is 6.56. The molecule has 7 heteroatoms. The van der Waals surface area contributed by atoms with Crippen LogP contribution in [0.5, 0.6) is 0 Å². The Morgan fingerprint density at radius 3 is 2.15 bits per heavy atom. The molecule has 2 N–H and O–H groups in total. The summed E-state index contributed by atoms with van der Waals surface area (Å²) in [7, 11) is 0. The maximum atomic E-state index is 12.8. The fourth-order valence-electron chi connectivity index (χ4n) is 4.72. The number of benzene rings is 1. The van der Waals surface area contributed by atoms with Crippen molar-refractivity contribution >= 4 is 6.09 Å². The van der Waals surface area contributed by atoms with Crippen molar-refractivity contribution in [2.75, 3.05) is 13.1 Å². The third-order valence-corrected chi connectivity index (χ3v) is 6.45. The molecule has 1 aromatic rings. The number of rotatable bonds is 1. The van der Waals surface area contributed by atoms with Crippen LogP contribution in [0.3, 0.4) is 0 Å². The number of nitrogens with two attached hydrogens (primary N) is 1. The number of amides is 1. The minimum atomic E-state index is -1.74. The lowest BCUT2D eigenvalue weighted by Gasteiger charge is -2.45. The second-order valence-corrected chi connectivity index (χ2v) is 10.9. The van der Waals surface area contributed by atoms with Gasteiger partial charge < -0.3 is 15.4 Å². The van der Waals surface area contributed by atoms with Crippen LogP contribution in [0.4, 0.5) is 4.79 Å². The first-order valence-electron chi connectivity index (χ1n) is 11.3. The fourth-order valence-corrected chi connectivity index (χ4v) is 4.72. The second kappa shape index (κ2) is 8.54. The van der Waals surface area contributed by atoms with Gasteiger partial charge in [0.2, 0.25) is 0 Å². The van der Waals surface area contributed by atoms with Crippen LogP contribution in [0.25, 0.3) is 0 Å². The maximum Gasteiger partial charge on any atom is 0.410 e. The smallest absolute Gasteiger partial charge is 0.410 e. The summed E-state index contributed by atoms with van der Waals surface area (Å²) in [6.07, 6.45) is 1.31. The van der Waals surface area contributed by atoms with Crippen molar-refractivity contribution in [3.05, 3.63) is 58.3 Å². The predicted molar refractivity (Wildman–Crippen MR) is 128 cm³/mol. The van der Waals surface area contributed by atoms with E-state index in [1.807, 2.05) is 24.3 Å². The molecule has 176 valence electrons. The lowest BCUT2D eigenvalue weighted by Crippen LogP contribution is -2.50. The Morgan fingerprint density at radius 2 is 1.68 bits per heavy atom. The molecule has 0 aromatic heterocycles. The zero-order chi connectivity index (χ0) is 25.5. The summed E-state index contributed by atoms with van der Waals surface area (Å²) < 4.78 is 5.56. The van der Waals surface area contributed by atoms with Crippen molar-refractivity contribution in [3.63, 3.8) is 0 Å². The first-order chi connectivity index (χ1) is 15.8. The molecule has 0 saturated carbocycles. The number of hydrogen-bond donors (Lipinski definition) is 1. The quantitative estimate of drug-likeness (QED) is 0.654. The normalized spacial score (nSPS) is 22.0. The van der Waals surface area contributed by atoms with Crippen molar-refractivity contribution in [2.45, 2.75) is 58.5 Å². The summed E-state index contributed by atoms with van der Waals surface area (Å²) in [6, 6.07) is 14.2. The van der Waals surface area contributed by atoms with E-state index in [9.17, 15) is 20.6 Å². The highest BCUT2D eigenvalue weighted by Crippen LogP contribution is 2.54. The monoisotopic (exact) mass is 457 g/mol. The van der Waals surface area contributed by atoms with Gasteiger partial charge in [0.25, 0.3) is 0 Å². The molecule has 1 aliphatic heterocycles. The van der Waals surface area contributed by atoms with E-state index in [2.05, 4.69) is 39.0 Å². The molecular weight excluding hydrogens is 426 g/mol. The molecule has 34 heavy (non-hydrogen) atoms. The van der Waals surface area contributed by atoms with Gasteiger partial charge in [-0.15, -0.1) is 0 Å². The van der Waals surface area contributed by atoms with E-state index in [1.165, 1.54) is 0 Å². The highest BCUT2D eigenvalue weighted by atomic mass is 16.6. The third-order valence-electron chi connectivity index (χ3n) is 6.45. The van der Waals surface area contributed by atoms with Gasteiger partial charge in [-0.2, -0.15) is 15.8 Å². The van der Waals surface area contributed by atoms with Crippen LogP contribution in [0.2, 0.25) is 0 Å². The molecule has 2 aliphatic rings. The van der Waals surface area contributed by atoms with Crippen molar-refractivity contribution in [1.82, 2.24) is 4.90 Å². The summed E-state index contributed by atoms with van der Waals surface area (Å²) in [6.45, 7) is 12.2. The standard InChI is InChI=1S/C27H31N5O2/c1-25(2,3)18-9-7-17(8-10-18)22-21-14-32(24(33)34-26(4,5)6)12-11-19(21)20(13-28)23(31)27(22,15-29)16-30/h7-11,21-22H,12,14,31H2,1-6H3. The molecule has 1 heterocycles. The van der Waals surface area contributed by atoms with Gasteiger partial charge in [-0.25, -0.2) is 4.79 Å². The van der Waals surface area contributed by atoms with E-state index in [4.69, 9.17) is 10.5 Å². The molecule has 0 fully saturated rings. The number of carbonyl (C=O) groups is 1. The van der Waals surface area contributed by atoms with Crippen molar-refractivity contribution in [1.29, 1.82) is 15.8 Å². The summed E-state index contributed by atoms with van der Waals surface area (Å²) in [5.74, 6) is -1.13. The van der Waals surface area contributed by atoms with Gasteiger partial charge in [-0.05, 0) is 42.9 Å². The van der Waals surface area contributed by atoms with Crippen molar-refractivity contribution < 1.29 is 9.53 Å². The molecule has 0 saturated heterocycles. The molecule has 1 amide bonds. The molecule has 1 aromatic carbocycles. The molecule has 0 radical (unpaired) electrons. The lowest BCUT2D eigenvalue weighted by atomic mass is 9.58. The van der Waals surface area contributed by atoms with Crippen LogP contribution in [-0.2, 0) is 10.2 Å². The van der Waals surface area contributed by atoms with Crippen LogP contribution in [0.15, 0.2) is 47.2 Å². The van der Waals surface area contributed by atoms with E-state index in [0.29, 0.717) is 5.57 Å². The van der Waals surface area contributed by atoms with Gasteiger partial charge in [0.1, 0.15) is 11.7 Å². The SMILES string of the molecule is CC(C)(C)OC(=O)N1CC=C2C(C#N)=C(N)C(C#N)(C#N)C(c3ccc(C(C)(C)C)cc3)C2C1. The number of ether oxygens (including phenoxy) is 1. The van der Waals surface area contributed by atoms with Crippen molar-refractivity contribution in [3.8, 4) is 18.2 Å². The molecule has 2 atom stereocenters. The van der Waals surface area contributed by atoms with E-state index in [0.717, 1.165) is 11.1 Å². The number of nitriles is 3. The predicted octanol–water partition coefficient (Wildman–Crippen LogP) is 4.64. The van der Waals surface area contributed by atoms with Gasteiger partial charge in [-0.3, -0.25) is 0 Å². The Balaban J connectivity index is 2.18. The Kier molecular flexibility index (Phi) is 6.25. The van der Waals surface area contributed by atoms with Crippen LogP contribution in [0, 0.1) is 45.3 Å². The van der Waals surface area contributed by atoms with Crippen LogP contribution >= 0.6 is 0 Å². The van der Waals surface area contributed by atoms with Gasteiger partial charge in [0, 0.05) is 24.9 Å². The molecule has 0 bridgehead atoms. The average Bonchev–Trinajstić information content (AvgIpc) is 2.76. The van der Waals surface area contributed by atoms with E-state index in [-0.39, 0.29) is 29.8 Å². The van der Waals surface area contributed by atoms with E-state index < -0.39 is 28.9 Å². The molecule has 7 nitrogen and oxygen atoms in total. The number of carbonyl (C=O) groups excluding carboxylic acids is 1. The molecule has 1 aliphatic carbocycles. The van der Waals surface area contributed by atoms with Gasteiger partial charge in [-0.1, -0.05) is 51.1 Å². The second-order valence-electron chi connectivity index (χ2n) is 10.9. The van der Waals surface area contributed by atoms with Crippen LogP contribution in [0.1, 0.15) is 58.6 Å². The van der Waals surface area contributed by atoms with Crippen LogP contribution < -0.4 is 5.73 Å². The van der Waals surface area contributed by atoms with E-state index in [1.54, 1.807) is 31.7 Å². The number of fused-ring (bicyclic) bond motifs is 1. The Morgan fingerprint density at radius 1 is 1.09 bits per heavy atom. The topological polar surface area (TPSA) is 127 Å². The Hall–Kier alpha value is -3.76. The molecular formula is C27H31N5O2. The largest absolute Gasteiger partial charge is 0.444 e. The Labute approximate surface area is 201 Å². The first kappa shape index (κ1) is 24.9. The first-order valence-corrected chi connectivity index (χ1v) is 11.3. The minimum Gasteiger partial charge on any atom is -0.444 e. The summed E-state index contributed by atoms with van der Waals surface area (Å²) in [4.78, 5) is 14.4. The highest BCUT2D eigenvalue weighted by molar-refractivity contribution is 5.70. The van der Waals surface area contributed by atoms with E-state index >= 15 is 0 Å². The minimum absolute atomic E-state index is 0.0295. The fraction of sp³-hybridized carbons (Fsp3) is 0.481. The zero-order valence-corrected chi connectivity index (χ0v) is 20.6. The van der Waals surface area contributed by atoms with Crippen LogP contribution in [-0.4, -0.2) is 29.7 Å². The number of nitrogens with zero attached hydrogens (tertiary/aromatic N) is 4. The lowest BCUT2D eigenvalue weighted by molar-refractivity contribution is 0.0224. The zero-order valence-electron chi connectivity index (χ0n) is 20.6. The Bertz CT molecular complexity index is 1160. The van der Waals surface area contributed by atoms with Crippen molar-refractivity contribution in [2.24, 2.45) is 17.1 Å². The van der Waals surface area contributed by atoms with Gasteiger partial charge in [0.15, 0.2) is 5.41 Å². The van der Waals surface area contributed by atoms with Gasteiger partial charge >= 0.3 is 6.09 Å². The average molecular weight is 458 g/mol. The maximum absolute atomic E-state index is 12.8. The third kappa shape index (κ3) is 4.25. The summed E-state index contributed by atoms with van der Waals surface area (Å²) in [5, 5.41) is 30.4. The number of hydrogen-bond acceptors (Lipinski definition) is 6. The molecule has 3 rings (SSSR count). The number of allylic oxidation sites excluding steroid dienone is 2. The molecule has 0 spiro atoms. The summed E-state index contributed by atoms with van der Waals surface area (Å²) >= 11 is 0. The molecule has 2 unspecified atom stereocenters. The highest BCUT2D eigenvalue weighted by Gasteiger charge is 2.55.